The lowest BCUT2D eigenvalue weighted by molar-refractivity contribution is -0.130. The molecule has 2 saturated heterocycles. The van der Waals surface area contributed by atoms with Gasteiger partial charge < -0.3 is 25.3 Å². The average molecular weight is 526 g/mol. The molecule has 202 valence electrons. The zero-order valence-electron chi connectivity index (χ0n) is 22.1. The van der Waals surface area contributed by atoms with Crippen LogP contribution in [-0.2, 0) is 11.2 Å². The Balaban J connectivity index is 1.33. The van der Waals surface area contributed by atoms with Gasteiger partial charge in [-0.25, -0.2) is 0 Å². The summed E-state index contributed by atoms with van der Waals surface area (Å²) in [6.45, 7) is 5.51. The van der Waals surface area contributed by atoms with Crippen LogP contribution in [0, 0.1) is 0 Å². The van der Waals surface area contributed by atoms with E-state index >= 15 is 0 Å². The summed E-state index contributed by atoms with van der Waals surface area (Å²) in [5, 5.41) is 6.39. The predicted octanol–water partition coefficient (Wildman–Crippen LogP) is 3.27. The van der Waals surface area contributed by atoms with E-state index in [0.717, 1.165) is 30.8 Å². The third-order valence-corrected chi connectivity index (χ3v) is 7.33. The monoisotopic (exact) mass is 525 g/mol. The van der Waals surface area contributed by atoms with Crippen LogP contribution in [0.25, 0.3) is 0 Å². The molecule has 2 N–H and O–H groups in total. The topological polar surface area (TPSA) is 85.0 Å². The molecule has 3 amide bonds. The van der Waals surface area contributed by atoms with Crippen molar-refractivity contribution < 1.29 is 14.4 Å². The Hall–Kier alpha value is -4.17. The van der Waals surface area contributed by atoms with E-state index in [-0.39, 0.29) is 17.7 Å². The molecule has 0 unspecified atom stereocenters. The van der Waals surface area contributed by atoms with Gasteiger partial charge >= 0.3 is 0 Å². The van der Waals surface area contributed by atoms with Crippen molar-refractivity contribution in [3.05, 3.63) is 95.6 Å². The van der Waals surface area contributed by atoms with Crippen LogP contribution in [-0.4, -0.2) is 79.9 Å². The molecule has 2 heterocycles. The zero-order valence-corrected chi connectivity index (χ0v) is 22.1. The summed E-state index contributed by atoms with van der Waals surface area (Å²) in [4.78, 5) is 45.3. The van der Waals surface area contributed by atoms with E-state index in [1.165, 1.54) is 0 Å². The van der Waals surface area contributed by atoms with E-state index in [9.17, 15) is 14.4 Å². The first-order valence-corrected chi connectivity index (χ1v) is 13.7. The number of anilines is 2. The molecule has 0 saturated carbocycles. The van der Waals surface area contributed by atoms with Crippen molar-refractivity contribution in [2.45, 2.75) is 12.8 Å². The maximum Gasteiger partial charge on any atom is 0.255 e. The van der Waals surface area contributed by atoms with Gasteiger partial charge in [0, 0.05) is 56.9 Å². The highest BCUT2D eigenvalue weighted by Gasteiger charge is 2.25. The SMILES string of the molecule is O=C(Nc1cc(C(=O)N2CCCNCC2)ccc1N1CCN(C(=O)Cc2ccccc2)CC1)c1ccccc1. The summed E-state index contributed by atoms with van der Waals surface area (Å²) < 4.78 is 0. The van der Waals surface area contributed by atoms with Crippen molar-refractivity contribution in [3.8, 4) is 0 Å². The molecule has 2 aliphatic heterocycles. The molecule has 3 aromatic rings. The molecule has 8 heteroatoms. The van der Waals surface area contributed by atoms with Crippen LogP contribution in [0.1, 0.15) is 32.7 Å². The Labute approximate surface area is 229 Å². The fourth-order valence-electron chi connectivity index (χ4n) is 5.14. The number of hydrogen-bond donors (Lipinski definition) is 2. The van der Waals surface area contributed by atoms with Crippen molar-refractivity contribution in [1.82, 2.24) is 15.1 Å². The Morgan fingerprint density at radius 1 is 0.718 bits per heavy atom. The predicted molar refractivity (Wildman–Crippen MR) is 153 cm³/mol. The van der Waals surface area contributed by atoms with Gasteiger partial charge in [-0.15, -0.1) is 0 Å². The first-order valence-electron chi connectivity index (χ1n) is 13.7. The van der Waals surface area contributed by atoms with Crippen LogP contribution < -0.4 is 15.5 Å². The van der Waals surface area contributed by atoms with Crippen LogP contribution >= 0.6 is 0 Å². The van der Waals surface area contributed by atoms with Crippen LogP contribution in [0.4, 0.5) is 11.4 Å². The molecule has 39 heavy (non-hydrogen) atoms. The molecule has 0 spiro atoms. The Morgan fingerprint density at radius 3 is 2.18 bits per heavy atom. The smallest absolute Gasteiger partial charge is 0.255 e. The molecule has 0 atom stereocenters. The number of nitrogens with one attached hydrogen (secondary N) is 2. The minimum Gasteiger partial charge on any atom is -0.366 e. The Kier molecular flexibility index (Phi) is 8.53. The number of rotatable bonds is 6. The van der Waals surface area contributed by atoms with Crippen molar-refractivity contribution in [3.63, 3.8) is 0 Å². The number of amides is 3. The van der Waals surface area contributed by atoms with E-state index < -0.39 is 0 Å². The number of hydrogen-bond acceptors (Lipinski definition) is 5. The molecule has 0 bridgehead atoms. The number of piperazine rings is 1. The standard InChI is InChI=1S/C31H35N5O3/c37-29(22-24-8-3-1-4-9-24)35-20-18-34(19-21-35)28-13-12-26(31(39)36-16-7-14-32-15-17-36)23-27(28)33-30(38)25-10-5-2-6-11-25/h1-6,8-13,23,32H,7,14-22H2,(H,33,38). The van der Waals surface area contributed by atoms with Gasteiger partial charge in [0.25, 0.3) is 11.8 Å². The van der Waals surface area contributed by atoms with Crippen molar-refractivity contribution in [2.75, 3.05) is 62.6 Å². The van der Waals surface area contributed by atoms with Crippen LogP contribution in [0.15, 0.2) is 78.9 Å². The second kappa shape index (κ2) is 12.6. The molecule has 2 fully saturated rings. The largest absolute Gasteiger partial charge is 0.366 e. The lowest BCUT2D eigenvalue weighted by atomic mass is 10.1. The second-order valence-corrected chi connectivity index (χ2v) is 9.98. The fourth-order valence-corrected chi connectivity index (χ4v) is 5.14. The summed E-state index contributed by atoms with van der Waals surface area (Å²) in [6.07, 6.45) is 1.30. The number of carbonyl (C=O) groups is 3. The van der Waals surface area contributed by atoms with Gasteiger partial charge in [-0.05, 0) is 48.9 Å². The van der Waals surface area contributed by atoms with Crippen LogP contribution in [0.3, 0.4) is 0 Å². The summed E-state index contributed by atoms with van der Waals surface area (Å²) in [6, 6.07) is 24.4. The Morgan fingerprint density at radius 2 is 1.44 bits per heavy atom. The van der Waals surface area contributed by atoms with E-state index in [0.29, 0.717) is 62.5 Å². The van der Waals surface area contributed by atoms with E-state index in [2.05, 4.69) is 15.5 Å². The van der Waals surface area contributed by atoms with Crippen LogP contribution in [0.5, 0.6) is 0 Å². The quantitative estimate of drug-likeness (QED) is 0.516. The molecule has 2 aliphatic rings. The molecule has 8 nitrogen and oxygen atoms in total. The highest BCUT2D eigenvalue weighted by Crippen LogP contribution is 2.30. The first kappa shape index (κ1) is 26.4. The molecule has 0 aromatic heterocycles. The molecule has 3 aromatic carbocycles. The number of carbonyl (C=O) groups excluding carboxylic acids is 3. The third kappa shape index (κ3) is 6.64. The number of nitrogens with zero attached hydrogens (tertiary/aromatic N) is 3. The first-order chi connectivity index (χ1) is 19.1. The lowest BCUT2D eigenvalue weighted by Crippen LogP contribution is -2.49. The summed E-state index contributed by atoms with van der Waals surface area (Å²) >= 11 is 0. The van der Waals surface area contributed by atoms with E-state index in [1.54, 1.807) is 18.2 Å². The van der Waals surface area contributed by atoms with Gasteiger partial charge in [0.2, 0.25) is 5.91 Å². The zero-order chi connectivity index (χ0) is 27.0. The van der Waals surface area contributed by atoms with Gasteiger partial charge in [0.05, 0.1) is 17.8 Å². The minimum atomic E-state index is -0.225. The van der Waals surface area contributed by atoms with Gasteiger partial charge in [-0.2, -0.15) is 0 Å². The van der Waals surface area contributed by atoms with Gasteiger partial charge in [0.15, 0.2) is 0 Å². The summed E-state index contributed by atoms with van der Waals surface area (Å²) in [7, 11) is 0. The highest BCUT2D eigenvalue weighted by molar-refractivity contribution is 6.07. The summed E-state index contributed by atoms with van der Waals surface area (Å²) in [5.74, 6) is -0.139. The normalized spacial score (nSPS) is 15.9. The molecular formula is C31H35N5O3. The minimum absolute atomic E-state index is 0.0308. The van der Waals surface area contributed by atoms with Crippen LogP contribution in [0.2, 0.25) is 0 Å². The maximum atomic E-state index is 13.3. The molecule has 0 aliphatic carbocycles. The lowest BCUT2D eigenvalue weighted by Gasteiger charge is -2.37. The van der Waals surface area contributed by atoms with E-state index in [1.807, 2.05) is 70.5 Å². The highest BCUT2D eigenvalue weighted by atomic mass is 16.2. The molecule has 5 rings (SSSR count). The summed E-state index contributed by atoms with van der Waals surface area (Å²) in [5.41, 5.74) is 3.57. The average Bonchev–Trinajstić information content (AvgIpc) is 3.28. The van der Waals surface area contributed by atoms with Crippen molar-refractivity contribution >= 4 is 29.1 Å². The van der Waals surface area contributed by atoms with Crippen molar-refractivity contribution in [2.24, 2.45) is 0 Å². The third-order valence-electron chi connectivity index (χ3n) is 7.33. The maximum absolute atomic E-state index is 13.3. The van der Waals surface area contributed by atoms with Crippen molar-refractivity contribution in [1.29, 1.82) is 0 Å². The number of benzene rings is 3. The van der Waals surface area contributed by atoms with Gasteiger partial charge in [-0.3, -0.25) is 14.4 Å². The molecule has 0 radical (unpaired) electrons. The fraction of sp³-hybridized carbons (Fsp3) is 0.323. The van der Waals surface area contributed by atoms with E-state index in [4.69, 9.17) is 0 Å². The van der Waals surface area contributed by atoms with Gasteiger partial charge in [0.1, 0.15) is 0 Å². The second-order valence-electron chi connectivity index (χ2n) is 9.98. The Bertz CT molecular complexity index is 1280. The molecular weight excluding hydrogens is 490 g/mol. The van der Waals surface area contributed by atoms with Gasteiger partial charge in [-0.1, -0.05) is 48.5 Å².